The van der Waals surface area contributed by atoms with Crippen molar-refractivity contribution in [1.29, 1.82) is 0 Å². The Morgan fingerprint density at radius 3 is 2.50 bits per heavy atom. The Hall–Kier alpha value is -2.12. The third kappa shape index (κ3) is 7.48. The molecule has 7 nitrogen and oxygen atoms in total. The van der Waals surface area contributed by atoms with E-state index < -0.39 is 11.8 Å². The molecule has 2 N–H and O–H groups in total. The Kier molecular flexibility index (Phi) is 7.83. The van der Waals surface area contributed by atoms with Crippen LogP contribution in [0.2, 0.25) is 0 Å². The summed E-state index contributed by atoms with van der Waals surface area (Å²) < 4.78 is 5.41. The lowest BCUT2D eigenvalue weighted by atomic mass is 10.1. The minimum absolute atomic E-state index is 0.0987. The van der Waals surface area contributed by atoms with E-state index in [-0.39, 0.29) is 11.9 Å². The van der Waals surface area contributed by atoms with Gasteiger partial charge in [-0.2, -0.15) is 0 Å². The molecule has 1 atom stereocenters. The first-order valence-electron chi connectivity index (χ1n) is 9.92. The van der Waals surface area contributed by atoms with Gasteiger partial charge in [0.05, 0.1) is 0 Å². The highest BCUT2D eigenvalue weighted by Gasteiger charge is 2.25. The number of rotatable bonds is 7. The predicted octanol–water partition coefficient (Wildman–Crippen LogP) is 2.95. The van der Waals surface area contributed by atoms with Gasteiger partial charge in [0.2, 0.25) is 0 Å². The second-order valence-corrected chi connectivity index (χ2v) is 8.24. The van der Waals surface area contributed by atoms with Crippen LogP contribution in [0.1, 0.15) is 50.9 Å². The zero-order valence-electron chi connectivity index (χ0n) is 17.4. The molecular weight excluding hydrogens is 358 g/mol. The number of carbonyl (C=O) groups excluding carboxylic acids is 2. The molecule has 1 aromatic rings. The number of carbonyl (C=O) groups is 2. The molecule has 1 aliphatic rings. The van der Waals surface area contributed by atoms with Gasteiger partial charge in [0.15, 0.2) is 5.78 Å². The molecule has 0 aliphatic carbocycles. The fraction of sp³-hybridized carbons (Fsp3) is 0.619. The number of aliphatic hydroxyl groups is 1. The van der Waals surface area contributed by atoms with Crippen molar-refractivity contribution in [3.63, 3.8) is 0 Å². The average Bonchev–Trinajstić information content (AvgIpc) is 2.60. The molecule has 0 spiro atoms. The van der Waals surface area contributed by atoms with E-state index in [1.165, 1.54) is 0 Å². The molecule has 0 bridgehead atoms. The van der Waals surface area contributed by atoms with E-state index >= 15 is 0 Å². The van der Waals surface area contributed by atoms with Gasteiger partial charge in [0.1, 0.15) is 11.8 Å². The zero-order valence-corrected chi connectivity index (χ0v) is 17.4. The van der Waals surface area contributed by atoms with Crippen LogP contribution < -0.4 is 5.32 Å². The van der Waals surface area contributed by atoms with Crippen LogP contribution in [0.15, 0.2) is 24.3 Å². The van der Waals surface area contributed by atoms with E-state index in [0.717, 1.165) is 31.7 Å². The van der Waals surface area contributed by atoms with Crippen LogP contribution in [0.3, 0.4) is 0 Å². The Morgan fingerprint density at radius 1 is 1.21 bits per heavy atom. The van der Waals surface area contributed by atoms with Crippen LogP contribution in [0, 0.1) is 0 Å². The van der Waals surface area contributed by atoms with Gasteiger partial charge in [-0.05, 0) is 52.8 Å². The number of anilines is 1. The molecule has 1 amide bonds. The summed E-state index contributed by atoms with van der Waals surface area (Å²) in [4.78, 5) is 28.5. The first-order chi connectivity index (χ1) is 13.1. The molecular formula is C21H33N3O4. The molecule has 0 radical (unpaired) electrons. The van der Waals surface area contributed by atoms with Gasteiger partial charge in [0, 0.05) is 43.9 Å². The van der Waals surface area contributed by atoms with Crippen LogP contribution in [0.25, 0.3) is 0 Å². The minimum Gasteiger partial charge on any atom is -0.444 e. The first-order valence-corrected chi connectivity index (χ1v) is 9.92. The van der Waals surface area contributed by atoms with Crippen molar-refractivity contribution in [2.24, 2.45) is 0 Å². The van der Waals surface area contributed by atoms with Crippen LogP contribution in [-0.2, 0) is 4.74 Å². The van der Waals surface area contributed by atoms with Gasteiger partial charge >= 0.3 is 6.09 Å². The van der Waals surface area contributed by atoms with E-state index in [9.17, 15) is 14.7 Å². The van der Waals surface area contributed by atoms with Crippen molar-refractivity contribution in [2.45, 2.75) is 52.4 Å². The number of Topliss-reactive ketones (excluding diaryl/α,β-unsaturated/α-hetero) is 1. The highest BCUT2D eigenvalue weighted by molar-refractivity contribution is 5.96. The fourth-order valence-electron chi connectivity index (χ4n) is 3.11. The van der Waals surface area contributed by atoms with Gasteiger partial charge in [-0.15, -0.1) is 0 Å². The summed E-state index contributed by atoms with van der Waals surface area (Å²) in [6.07, 6.45) is 0.335. The van der Waals surface area contributed by atoms with Crippen molar-refractivity contribution in [3.8, 4) is 0 Å². The summed E-state index contributed by atoms with van der Waals surface area (Å²) in [5, 5.41) is 12.3. The van der Waals surface area contributed by atoms with Gasteiger partial charge in [-0.25, -0.2) is 4.79 Å². The predicted molar refractivity (Wildman–Crippen MR) is 110 cm³/mol. The maximum Gasteiger partial charge on any atom is 0.410 e. The van der Waals surface area contributed by atoms with Crippen molar-refractivity contribution >= 4 is 17.6 Å². The lowest BCUT2D eigenvalue weighted by Gasteiger charge is -2.35. The number of amides is 1. The van der Waals surface area contributed by atoms with Gasteiger partial charge in [-0.1, -0.05) is 12.1 Å². The smallest absolute Gasteiger partial charge is 0.410 e. The summed E-state index contributed by atoms with van der Waals surface area (Å²) >= 11 is 0. The summed E-state index contributed by atoms with van der Waals surface area (Å²) in [5.41, 5.74) is 0.913. The number of nitrogens with zero attached hydrogens (tertiary/aromatic N) is 2. The molecule has 28 heavy (non-hydrogen) atoms. The van der Waals surface area contributed by atoms with E-state index in [1.54, 1.807) is 24.0 Å². The molecule has 7 heteroatoms. The number of ether oxygens (including phenoxy) is 1. The topological polar surface area (TPSA) is 82.1 Å². The number of hydrogen-bond donors (Lipinski definition) is 2. The lowest BCUT2D eigenvalue weighted by Crippen LogP contribution is -2.50. The molecule has 1 unspecified atom stereocenters. The minimum atomic E-state index is -0.662. The standard InChI is InChI=1S/C21H33N3O4/c1-16(25)22-18-8-5-7-17(15-18)19(26)9-6-10-23-11-13-24(14-12-23)20(27)28-21(2,3)4/h5,7-8,15-16,22,25H,6,9-14H2,1-4H3. The number of ketones is 1. The fourth-order valence-corrected chi connectivity index (χ4v) is 3.11. The molecule has 1 heterocycles. The van der Waals surface area contributed by atoms with Crippen molar-refractivity contribution in [2.75, 3.05) is 38.0 Å². The van der Waals surface area contributed by atoms with E-state index in [2.05, 4.69) is 10.2 Å². The molecule has 1 aliphatic heterocycles. The highest BCUT2D eigenvalue weighted by Crippen LogP contribution is 2.15. The van der Waals surface area contributed by atoms with E-state index in [4.69, 9.17) is 4.74 Å². The Bertz CT molecular complexity index is 662. The molecule has 0 saturated carbocycles. The Labute approximate surface area is 167 Å². The van der Waals surface area contributed by atoms with E-state index in [0.29, 0.717) is 25.1 Å². The summed E-state index contributed by atoms with van der Waals surface area (Å²) in [7, 11) is 0. The molecule has 1 fully saturated rings. The summed E-state index contributed by atoms with van der Waals surface area (Å²) in [5.74, 6) is 0.0987. The van der Waals surface area contributed by atoms with Crippen molar-refractivity contribution < 1.29 is 19.4 Å². The average molecular weight is 392 g/mol. The molecule has 1 saturated heterocycles. The first kappa shape index (κ1) is 22.2. The second kappa shape index (κ2) is 9.89. The third-order valence-electron chi connectivity index (χ3n) is 4.46. The highest BCUT2D eigenvalue weighted by atomic mass is 16.6. The van der Waals surface area contributed by atoms with Crippen LogP contribution in [-0.4, -0.2) is 71.3 Å². The third-order valence-corrected chi connectivity index (χ3v) is 4.46. The monoisotopic (exact) mass is 391 g/mol. The van der Waals surface area contributed by atoms with Gasteiger partial charge in [0.25, 0.3) is 0 Å². The van der Waals surface area contributed by atoms with Crippen LogP contribution >= 0.6 is 0 Å². The SMILES string of the molecule is CC(O)Nc1cccc(C(=O)CCCN2CCN(C(=O)OC(C)(C)C)CC2)c1. The Morgan fingerprint density at radius 2 is 1.89 bits per heavy atom. The lowest BCUT2D eigenvalue weighted by molar-refractivity contribution is 0.0145. The number of hydrogen-bond acceptors (Lipinski definition) is 6. The Balaban J connectivity index is 1.72. The summed E-state index contributed by atoms with van der Waals surface area (Å²) in [6, 6.07) is 7.21. The summed E-state index contributed by atoms with van der Waals surface area (Å²) in [6.45, 7) is 11.0. The quantitative estimate of drug-likeness (QED) is 0.549. The maximum absolute atomic E-state index is 12.4. The van der Waals surface area contributed by atoms with Crippen LogP contribution in [0.4, 0.5) is 10.5 Å². The second-order valence-electron chi connectivity index (χ2n) is 8.24. The normalized spacial score (nSPS) is 16.5. The number of piperazine rings is 1. The van der Waals surface area contributed by atoms with E-state index in [1.807, 2.05) is 32.9 Å². The van der Waals surface area contributed by atoms with Gasteiger partial charge < -0.3 is 20.1 Å². The molecule has 156 valence electrons. The van der Waals surface area contributed by atoms with Crippen LogP contribution in [0.5, 0.6) is 0 Å². The van der Waals surface area contributed by atoms with Crippen molar-refractivity contribution in [3.05, 3.63) is 29.8 Å². The molecule has 2 rings (SSSR count). The zero-order chi connectivity index (χ0) is 20.7. The largest absolute Gasteiger partial charge is 0.444 e. The molecule has 0 aromatic heterocycles. The number of benzene rings is 1. The number of aliphatic hydroxyl groups excluding tert-OH is 1. The molecule has 1 aromatic carbocycles. The maximum atomic E-state index is 12.4. The van der Waals surface area contributed by atoms with Gasteiger partial charge in [-0.3, -0.25) is 9.69 Å². The van der Waals surface area contributed by atoms with Crippen molar-refractivity contribution in [1.82, 2.24) is 9.80 Å². The number of nitrogens with one attached hydrogen (secondary N) is 1.